The van der Waals surface area contributed by atoms with Gasteiger partial charge in [-0.25, -0.2) is 9.59 Å². The molecule has 0 aromatic heterocycles. The van der Waals surface area contributed by atoms with Crippen LogP contribution in [0.4, 0.5) is 21.0 Å². The zero-order chi connectivity index (χ0) is 71.8. The highest BCUT2D eigenvalue weighted by Gasteiger charge is 2.63. The number of amides is 9. The second kappa shape index (κ2) is 31.8. The number of anilines is 2. The van der Waals surface area contributed by atoms with Gasteiger partial charge in [0.25, 0.3) is 11.8 Å². The predicted octanol–water partition coefficient (Wildman–Crippen LogP) is 6.91. The number of carbonyl (C=O) groups excluding carboxylic acids is 10. The van der Waals surface area contributed by atoms with E-state index in [4.69, 9.17) is 23.7 Å². The Balaban J connectivity index is 0.701. The Morgan fingerprint density at radius 1 is 0.730 bits per heavy atom. The summed E-state index contributed by atoms with van der Waals surface area (Å²) in [5.74, 6) is 3.52. The Morgan fingerprint density at radius 2 is 1.37 bits per heavy atom. The molecule has 25 heteroatoms. The van der Waals surface area contributed by atoms with E-state index >= 15 is 4.79 Å². The van der Waals surface area contributed by atoms with Crippen molar-refractivity contribution < 1.29 is 76.7 Å². The van der Waals surface area contributed by atoms with Crippen LogP contribution in [0.5, 0.6) is 0 Å². The lowest BCUT2D eigenvalue weighted by atomic mass is 9.51. The van der Waals surface area contributed by atoms with Gasteiger partial charge in [-0.2, -0.15) is 0 Å². The van der Waals surface area contributed by atoms with E-state index in [1.165, 1.54) is 36.3 Å². The minimum absolute atomic E-state index is 0.0326. The molecule has 10 rings (SSSR count). The van der Waals surface area contributed by atoms with E-state index in [0.29, 0.717) is 82.5 Å². The van der Waals surface area contributed by atoms with Gasteiger partial charge in [-0.3, -0.25) is 48.6 Å². The molecule has 3 saturated heterocycles. The van der Waals surface area contributed by atoms with Gasteiger partial charge in [-0.05, 0) is 172 Å². The number of rotatable bonds is 24. The van der Waals surface area contributed by atoms with Crippen molar-refractivity contribution in [1.29, 1.82) is 0 Å². The third kappa shape index (κ3) is 16.9. The summed E-state index contributed by atoms with van der Waals surface area (Å²) >= 11 is 0. The molecule has 2 aromatic carbocycles. The van der Waals surface area contributed by atoms with Crippen LogP contribution in [-0.2, 0) is 52.5 Å². The quantitative estimate of drug-likeness (QED) is 0.0471. The zero-order valence-electron chi connectivity index (χ0n) is 59.6. The van der Waals surface area contributed by atoms with Crippen LogP contribution in [0, 0.1) is 29.1 Å². The number of ether oxygens (including phenoxy) is 5. The smallest absolute Gasteiger partial charge is 0.410 e. The third-order valence-electron chi connectivity index (χ3n) is 20.9. The molecule has 542 valence electrons. The van der Waals surface area contributed by atoms with Gasteiger partial charge < -0.3 is 63.9 Å². The molecule has 25 nitrogen and oxygen atoms in total. The number of ketones is 1. The highest BCUT2D eigenvalue weighted by atomic mass is 16.6. The molecule has 2 saturated carbocycles. The van der Waals surface area contributed by atoms with Crippen molar-refractivity contribution in [2.24, 2.45) is 17.3 Å². The molecule has 0 spiro atoms. The fraction of sp³-hybridized carbons (Fsp3) is 0.627. The molecule has 0 radical (unpaired) electrons. The van der Waals surface area contributed by atoms with Crippen molar-refractivity contribution in [1.82, 2.24) is 35.1 Å². The second-order valence-electron chi connectivity index (χ2n) is 29.8. The SMILES string of the molecule is CC#C[C@]1(O)CC[C@H]2[C@@H]3CCC4=CC(=O)CCC4=C3[C@@H](c3ccc(N(C)CCCC(=O)N4CCN(C(=O)OC(C)(C)C)CC4C(=O)N4CCN(C(=O)OC(C)(C)C)CC4C(=O)NCCCOCCOCCOCCCNc4cccc5c4C(=O)N(C4CCC(=O)NC4=O)C5=O)cc3)C[C@@]21C. The van der Waals surface area contributed by atoms with Crippen molar-refractivity contribution in [2.45, 2.75) is 180 Å². The molecule has 8 aliphatic rings. The van der Waals surface area contributed by atoms with Crippen LogP contribution in [0.1, 0.15) is 171 Å². The van der Waals surface area contributed by atoms with Crippen molar-refractivity contribution in [2.75, 3.05) is 116 Å². The molecule has 4 N–H and O–H groups in total. The van der Waals surface area contributed by atoms with Gasteiger partial charge in [0.1, 0.15) is 34.9 Å². The van der Waals surface area contributed by atoms with Gasteiger partial charge in [-0.1, -0.05) is 36.6 Å². The summed E-state index contributed by atoms with van der Waals surface area (Å²) in [5.41, 5.74) is 3.74. The molecular formula is C75H101N9O16. The van der Waals surface area contributed by atoms with Crippen LogP contribution < -0.4 is 20.9 Å². The lowest BCUT2D eigenvalue weighted by Gasteiger charge is -2.53. The summed E-state index contributed by atoms with van der Waals surface area (Å²) in [4.78, 5) is 144. The Hall–Kier alpha value is -8.18. The number of hydrogen-bond donors (Lipinski definition) is 4. The number of benzene rings is 2. The van der Waals surface area contributed by atoms with Gasteiger partial charge in [0, 0.05) is 108 Å². The summed E-state index contributed by atoms with van der Waals surface area (Å²) < 4.78 is 28.7. The van der Waals surface area contributed by atoms with Crippen molar-refractivity contribution in [3.8, 4) is 11.8 Å². The van der Waals surface area contributed by atoms with Gasteiger partial charge in [0.05, 0.1) is 50.6 Å². The highest BCUT2D eigenvalue weighted by molar-refractivity contribution is 6.25. The van der Waals surface area contributed by atoms with Crippen LogP contribution in [-0.4, -0.2) is 229 Å². The minimum atomic E-state index is -1.18. The molecular weight excluding hydrogens is 1280 g/mol. The fourth-order valence-electron chi connectivity index (χ4n) is 15.9. The number of piperidine rings is 1. The predicted molar refractivity (Wildman–Crippen MR) is 371 cm³/mol. The molecule has 9 amide bonds. The van der Waals surface area contributed by atoms with E-state index in [-0.39, 0.29) is 114 Å². The van der Waals surface area contributed by atoms with E-state index in [9.17, 15) is 48.3 Å². The number of fused-ring (bicyclic) bond motifs is 5. The van der Waals surface area contributed by atoms with E-state index in [1.54, 1.807) is 66.7 Å². The normalized spacial score (nSPS) is 25.2. The standard InChI is InChI=1S/C75H101N9O16/c1-10-29-75(95)30-28-56-53-24-20-49-44-51(85)23-25-52(49)63(53)55(45-74(56,75)8)48-18-21-50(22-19-48)79(9)33-12-17-62(87)82-36-34-81(71(94)100-73(5,6)7)47-60(82)68(91)83-37-35-80(70(93)99-72(2,3)4)46-59(83)65(88)77-32-14-39-97-41-43-98-42-40-96-38-13-31-76-57-16-11-15-54-64(57)69(92)84(67(54)90)58-26-27-61(86)78-66(58)89/h11,15-16,18-19,21-22,44,53,55-56,58-60,76,95H,12-14,17,20,23-28,30-43,45-47H2,1-9H3,(H,77,88)(H,78,86,89)/t53-,55+,56-,58?,59?,60?,74-,75-/m0/s1. The molecule has 100 heavy (non-hydrogen) atoms. The summed E-state index contributed by atoms with van der Waals surface area (Å²) in [6.07, 6.45) is 7.60. The molecule has 8 atom stereocenters. The Bertz CT molecular complexity index is 3580. The molecule has 4 aliphatic heterocycles. The lowest BCUT2D eigenvalue weighted by Crippen LogP contribution is -2.68. The average molecular weight is 1380 g/mol. The maximum Gasteiger partial charge on any atom is 0.410 e. The molecule has 0 bridgehead atoms. The maximum atomic E-state index is 15.2. The van der Waals surface area contributed by atoms with Gasteiger partial charge in [0.15, 0.2) is 5.78 Å². The van der Waals surface area contributed by atoms with Gasteiger partial charge >= 0.3 is 12.2 Å². The van der Waals surface area contributed by atoms with Gasteiger partial charge in [0.2, 0.25) is 29.5 Å². The number of allylic oxidation sites excluding steroid dienone is 4. The largest absolute Gasteiger partial charge is 0.444 e. The van der Waals surface area contributed by atoms with Crippen LogP contribution in [0.15, 0.2) is 65.3 Å². The van der Waals surface area contributed by atoms with Crippen LogP contribution in [0.2, 0.25) is 0 Å². The van der Waals surface area contributed by atoms with E-state index in [0.717, 1.165) is 48.3 Å². The Labute approximate surface area is 586 Å². The summed E-state index contributed by atoms with van der Waals surface area (Å²) in [6.45, 7) is 17.3. The third-order valence-corrected chi connectivity index (χ3v) is 20.9. The molecule has 4 heterocycles. The number of carbonyl (C=O) groups is 10. The first-order valence-corrected chi connectivity index (χ1v) is 35.7. The number of hydrogen-bond acceptors (Lipinski definition) is 18. The zero-order valence-corrected chi connectivity index (χ0v) is 59.6. The van der Waals surface area contributed by atoms with Crippen LogP contribution in [0.3, 0.4) is 0 Å². The maximum absolute atomic E-state index is 15.2. The Morgan fingerprint density at radius 3 is 2.02 bits per heavy atom. The minimum Gasteiger partial charge on any atom is -0.444 e. The van der Waals surface area contributed by atoms with Crippen LogP contribution in [0.25, 0.3) is 0 Å². The topological polar surface area (TPSA) is 293 Å². The second-order valence-corrected chi connectivity index (χ2v) is 29.8. The fourth-order valence-corrected chi connectivity index (χ4v) is 15.9. The number of imide groups is 2. The lowest BCUT2D eigenvalue weighted by molar-refractivity contribution is -0.155. The van der Waals surface area contributed by atoms with E-state index in [1.807, 2.05) is 13.1 Å². The van der Waals surface area contributed by atoms with Crippen molar-refractivity contribution >= 4 is 70.7 Å². The van der Waals surface area contributed by atoms with Crippen LogP contribution >= 0.6 is 0 Å². The first-order chi connectivity index (χ1) is 47.6. The van der Waals surface area contributed by atoms with E-state index in [2.05, 4.69) is 63.9 Å². The molecule has 3 unspecified atom stereocenters. The summed E-state index contributed by atoms with van der Waals surface area (Å²) in [5, 5.41) is 20.5. The molecule has 4 aliphatic carbocycles. The molecule has 5 fully saturated rings. The highest BCUT2D eigenvalue weighted by Crippen LogP contribution is 2.66. The van der Waals surface area contributed by atoms with Crippen molar-refractivity contribution in [3.63, 3.8) is 0 Å². The monoisotopic (exact) mass is 1380 g/mol. The van der Waals surface area contributed by atoms with Crippen molar-refractivity contribution in [3.05, 3.63) is 82.0 Å². The summed E-state index contributed by atoms with van der Waals surface area (Å²) in [7, 11) is 1.98. The average Bonchev–Trinajstić information content (AvgIpc) is 1.45. The first-order valence-electron chi connectivity index (χ1n) is 35.7. The van der Waals surface area contributed by atoms with Gasteiger partial charge in [-0.15, -0.1) is 5.92 Å². The summed E-state index contributed by atoms with van der Waals surface area (Å²) in [6, 6.07) is 10.1. The molecule has 2 aromatic rings. The first kappa shape index (κ1) is 74.5. The Kier molecular flexibility index (Phi) is 23.7. The number of nitrogens with zero attached hydrogens (tertiary/aromatic N) is 6. The number of piperazine rings is 2. The number of nitrogens with one attached hydrogen (secondary N) is 3. The van der Waals surface area contributed by atoms with E-state index < -0.39 is 88.0 Å². The number of aliphatic hydroxyl groups is 1.